The molecule has 0 radical (unpaired) electrons. The molecular formula is C13H13N3O4. The molecule has 0 unspecified atom stereocenters. The van der Waals surface area contributed by atoms with E-state index in [4.69, 9.17) is 0 Å². The number of β-amino-alcohol motifs (C(OH)–C–C–N with tert-alkyl or cyclic N) is 1. The number of aromatic nitrogens is 1. The number of carbonyl (C=O) groups is 1. The van der Waals surface area contributed by atoms with Crippen molar-refractivity contribution in [1.29, 1.82) is 0 Å². The Morgan fingerprint density at radius 2 is 2.25 bits per heavy atom. The number of amides is 1. The molecule has 2 heterocycles. The number of aromatic amines is 1. The molecule has 0 bridgehead atoms. The summed E-state index contributed by atoms with van der Waals surface area (Å²) >= 11 is 0. The number of nitro benzene ring substituents is 1. The van der Waals surface area contributed by atoms with E-state index in [1.54, 1.807) is 17.2 Å². The van der Waals surface area contributed by atoms with Crippen LogP contribution in [0.5, 0.6) is 0 Å². The number of hydrogen-bond acceptors (Lipinski definition) is 4. The first-order chi connectivity index (χ1) is 9.54. The summed E-state index contributed by atoms with van der Waals surface area (Å²) in [6, 6.07) is 4.53. The summed E-state index contributed by atoms with van der Waals surface area (Å²) in [5, 5.41) is 20.7. The lowest BCUT2D eigenvalue weighted by Crippen LogP contribution is -2.53. The van der Waals surface area contributed by atoms with Crippen LogP contribution in [0.25, 0.3) is 10.9 Å². The molecule has 1 amide bonds. The van der Waals surface area contributed by atoms with Crippen LogP contribution in [0.1, 0.15) is 5.56 Å². The Morgan fingerprint density at radius 3 is 2.90 bits per heavy atom. The second kappa shape index (κ2) is 4.61. The van der Waals surface area contributed by atoms with Crippen molar-refractivity contribution in [3.8, 4) is 0 Å². The molecule has 2 N–H and O–H groups in total. The number of carbonyl (C=O) groups excluding carboxylic acids is 1. The van der Waals surface area contributed by atoms with E-state index in [9.17, 15) is 20.0 Å². The number of aliphatic hydroxyl groups is 1. The zero-order valence-electron chi connectivity index (χ0n) is 10.6. The standard InChI is InChI=1S/C13H13N3O4/c17-10-6-15(7-10)13(18)3-8-5-14-12-2-1-9(16(19)20)4-11(8)12/h1-2,4-5,10,14,17H,3,6-7H2. The first-order valence-electron chi connectivity index (χ1n) is 6.25. The lowest BCUT2D eigenvalue weighted by molar-refractivity contribution is -0.384. The normalized spacial score (nSPS) is 15.3. The van der Waals surface area contributed by atoms with Gasteiger partial charge in [0.05, 0.1) is 17.4 Å². The summed E-state index contributed by atoms with van der Waals surface area (Å²) < 4.78 is 0. The molecule has 1 aliphatic heterocycles. The number of rotatable bonds is 3. The average molecular weight is 275 g/mol. The molecule has 1 aliphatic rings. The highest BCUT2D eigenvalue weighted by atomic mass is 16.6. The fourth-order valence-electron chi connectivity index (χ4n) is 2.36. The van der Waals surface area contributed by atoms with E-state index < -0.39 is 11.0 Å². The minimum atomic E-state index is -0.455. The molecule has 104 valence electrons. The molecular weight excluding hydrogens is 262 g/mol. The fourth-order valence-corrected chi connectivity index (χ4v) is 2.36. The van der Waals surface area contributed by atoms with Crippen LogP contribution < -0.4 is 0 Å². The molecule has 7 heteroatoms. The van der Waals surface area contributed by atoms with Crippen LogP contribution in [0.15, 0.2) is 24.4 Å². The average Bonchev–Trinajstić information content (AvgIpc) is 2.77. The third kappa shape index (κ3) is 2.12. The Kier molecular flexibility index (Phi) is 2.90. The summed E-state index contributed by atoms with van der Waals surface area (Å²) in [7, 11) is 0. The van der Waals surface area contributed by atoms with Gasteiger partial charge in [0, 0.05) is 42.3 Å². The van der Waals surface area contributed by atoms with Gasteiger partial charge in [-0.3, -0.25) is 14.9 Å². The van der Waals surface area contributed by atoms with Crippen LogP contribution in [0, 0.1) is 10.1 Å². The number of nitrogens with zero attached hydrogens (tertiary/aromatic N) is 2. The molecule has 7 nitrogen and oxygen atoms in total. The molecule has 0 spiro atoms. The van der Waals surface area contributed by atoms with Gasteiger partial charge < -0.3 is 15.0 Å². The van der Waals surface area contributed by atoms with Crippen LogP contribution in [-0.4, -0.2) is 45.0 Å². The van der Waals surface area contributed by atoms with Crippen molar-refractivity contribution in [3.63, 3.8) is 0 Å². The van der Waals surface area contributed by atoms with Gasteiger partial charge in [-0.1, -0.05) is 0 Å². The smallest absolute Gasteiger partial charge is 0.270 e. The number of nitrogens with one attached hydrogen (secondary N) is 1. The van der Waals surface area contributed by atoms with Crippen LogP contribution in [-0.2, 0) is 11.2 Å². The monoisotopic (exact) mass is 275 g/mol. The van der Waals surface area contributed by atoms with Crippen LogP contribution in [0.4, 0.5) is 5.69 Å². The SMILES string of the molecule is O=C(Cc1c[nH]c2ccc([N+](=O)[O-])cc12)N1CC(O)C1. The second-order valence-electron chi connectivity index (χ2n) is 4.93. The van der Waals surface area contributed by atoms with Crippen molar-refractivity contribution in [2.24, 2.45) is 0 Å². The molecule has 3 rings (SSSR count). The number of fused-ring (bicyclic) bond motifs is 1. The number of hydrogen-bond donors (Lipinski definition) is 2. The Morgan fingerprint density at radius 1 is 1.50 bits per heavy atom. The Bertz CT molecular complexity index is 688. The zero-order valence-corrected chi connectivity index (χ0v) is 10.6. The molecule has 2 aromatic rings. The van der Waals surface area contributed by atoms with Gasteiger partial charge in [-0.25, -0.2) is 0 Å². The van der Waals surface area contributed by atoms with Gasteiger partial charge in [0.2, 0.25) is 5.91 Å². The molecule has 1 aromatic carbocycles. The van der Waals surface area contributed by atoms with E-state index in [-0.39, 0.29) is 18.0 Å². The van der Waals surface area contributed by atoms with E-state index in [0.29, 0.717) is 18.5 Å². The second-order valence-corrected chi connectivity index (χ2v) is 4.93. The van der Waals surface area contributed by atoms with Crippen molar-refractivity contribution in [1.82, 2.24) is 9.88 Å². The van der Waals surface area contributed by atoms with Gasteiger partial charge in [0.1, 0.15) is 0 Å². The van der Waals surface area contributed by atoms with Gasteiger partial charge in [-0.15, -0.1) is 0 Å². The number of benzene rings is 1. The topological polar surface area (TPSA) is 99.5 Å². The quantitative estimate of drug-likeness (QED) is 0.640. The largest absolute Gasteiger partial charge is 0.389 e. The minimum Gasteiger partial charge on any atom is -0.389 e. The number of aliphatic hydroxyl groups excluding tert-OH is 1. The lowest BCUT2D eigenvalue weighted by Gasteiger charge is -2.35. The number of H-pyrrole nitrogens is 1. The van der Waals surface area contributed by atoms with E-state index >= 15 is 0 Å². The molecule has 0 saturated carbocycles. The fraction of sp³-hybridized carbons (Fsp3) is 0.308. The third-order valence-electron chi connectivity index (χ3n) is 3.52. The van der Waals surface area contributed by atoms with Crippen molar-refractivity contribution >= 4 is 22.5 Å². The van der Waals surface area contributed by atoms with Crippen LogP contribution in [0.2, 0.25) is 0 Å². The summed E-state index contributed by atoms with van der Waals surface area (Å²) in [6.07, 6.45) is 1.44. The highest BCUT2D eigenvalue weighted by Gasteiger charge is 2.29. The number of non-ortho nitro benzene ring substituents is 1. The van der Waals surface area contributed by atoms with Gasteiger partial charge in [0.15, 0.2) is 0 Å². The van der Waals surface area contributed by atoms with Crippen molar-refractivity contribution in [3.05, 3.63) is 40.1 Å². The predicted molar refractivity (Wildman–Crippen MR) is 71.2 cm³/mol. The molecule has 1 fully saturated rings. The first kappa shape index (κ1) is 12.6. The maximum atomic E-state index is 12.0. The van der Waals surface area contributed by atoms with Gasteiger partial charge in [0.25, 0.3) is 5.69 Å². The van der Waals surface area contributed by atoms with Gasteiger partial charge in [-0.05, 0) is 11.6 Å². The molecule has 0 aliphatic carbocycles. The Hall–Kier alpha value is -2.41. The predicted octanol–water partition coefficient (Wildman–Crippen LogP) is 0.822. The number of likely N-dealkylation sites (tertiary alicyclic amines) is 1. The summed E-state index contributed by atoms with van der Waals surface area (Å²) in [6.45, 7) is 0.725. The highest BCUT2D eigenvalue weighted by molar-refractivity contribution is 5.90. The molecule has 1 saturated heterocycles. The maximum absolute atomic E-state index is 12.0. The van der Waals surface area contributed by atoms with Crippen molar-refractivity contribution < 1.29 is 14.8 Å². The Balaban J connectivity index is 1.85. The third-order valence-corrected chi connectivity index (χ3v) is 3.52. The van der Waals surface area contributed by atoms with E-state index in [1.165, 1.54) is 12.1 Å². The number of nitro groups is 1. The molecule has 20 heavy (non-hydrogen) atoms. The first-order valence-corrected chi connectivity index (χ1v) is 6.25. The van der Waals surface area contributed by atoms with Crippen LogP contribution >= 0.6 is 0 Å². The van der Waals surface area contributed by atoms with E-state index in [0.717, 1.165) is 11.1 Å². The minimum absolute atomic E-state index is 0.00479. The Labute approximate surface area is 114 Å². The lowest BCUT2D eigenvalue weighted by atomic mass is 10.1. The van der Waals surface area contributed by atoms with E-state index in [2.05, 4.69) is 4.98 Å². The summed E-state index contributed by atoms with van der Waals surface area (Å²) in [5.41, 5.74) is 1.50. The van der Waals surface area contributed by atoms with Gasteiger partial charge in [-0.2, -0.15) is 0 Å². The molecule has 1 aromatic heterocycles. The molecule has 0 atom stereocenters. The van der Waals surface area contributed by atoms with Gasteiger partial charge >= 0.3 is 0 Å². The maximum Gasteiger partial charge on any atom is 0.270 e. The van der Waals surface area contributed by atoms with E-state index in [1.807, 2.05) is 0 Å². The van der Waals surface area contributed by atoms with Crippen molar-refractivity contribution in [2.75, 3.05) is 13.1 Å². The van der Waals surface area contributed by atoms with Crippen LogP contribution in [0.3, 0.4) is 0 Å². The highest BCUT2D eigenvalue weighted by Crippen LogP contribution is 2.24. The van der Waals surface area contributed by atoms with Crippen molar-refractivity contribution in [2.45, 2.75) is 12.5 Å². The summed E-state index contributed by atoms with van der Waals surface area (Å²) in [5.74, 6) is -0.0808. The zero-order chi connectivity index (χ0) is 14.3. The summed E-state index contributed by atoms with van der Waals surface area (Å²) in [4.78, 5) is 26.9.